The van der Waals surface area contributed by atoms with Crippen LogP contribution in [-0.2, 0) is 0 Å². The topological polar surface area (TPSA) is 12.0 Å². The van der Waals surface area contributed by atoms with E-state index < -0.39 is 0 Å². The fourth-order valence-corrected chi connectivity index (χ4v) is 2.10. The van der Waals surface area contributed by atoms with Crippen LogP contribution in [0.4, 0.5) is 4.39 Å². The highest BCUT2D eigenvalue weighted by atomic mass is 19.1. The van der Waals surface area contributed by atoms with Gasteiger partial charge in [-0.3, -0.25) is 0 Å². The summed E-state index contributed by atoms with van der Waals surface area (Å²) in [4.78, 5) is 0. The lowest BCUT2D eigenvalue weighted by molar-refractivity contribution is 0.632. The highest BCUT2D eigenvalue weighted by Crippen LogP contribution is 2.26. The first-order chi connectivity index (χ1) is 8.27. The van der Waals surface area contributed by atoms with Gasteiger partial charge in [0, 0.05) is 5.39 Å². The lowest BCUT2D eigenvalue weighted by Gasteiger charge is -2.16. The molecule has 0 spiro atoms. The third-order valence-corrected chi connectivity index (χ3v) is 2.90. The van der Waals surface area contributed by atoms with Crippen molar-refractivity contribution in [1.29, 1.82) is 0 Å². The zero-order valence-electron chi connectivity index (χ0n) is 9.91. The van der Waals surface area contributed by atoms with E-state index in [0.717, 1.165) is 17.5 Å². The normalized spacial score (nSPS) is 12.6. The average Bonchev–Trinajstić information content (AvgIpc) is 2.37. The Balaban J connectivity index is 2.61. The Kier molecular flexibility index (Phi) is 3.55. The Bertz CT molecular complexity index is 533. The van der Waals surface area contributed by atoms with Gasteiger partial charge in [-0.25, -0.2) is 4.39 Å². The van der Waals surface area contributed by atoms with Crippen molar-refractivity contribution in [1.82, 2.24) is 5.32 Å². The van der Waals surface area contributed by atoms with Crippen LogP contribution in [0.25, 0.3) is 10.8 Å². The highest BCUT2D eigenvalue weighted by molar-refractivity contribution is 5.86. The number of hydrogen-bond donors (Lipinski definition) is 1. The van der Waals surface area contributed by atoms with Crippen LogP contribution >= 0.6 is 0 Å². The molecule has 1 atom stereocenters. The van der Waals surface area contributed by atoms with Gasteiger partial charge in [0.25, 0.3) is 0 Å². The first-order valence-corrected chi connectivity index (χ1v) is 5.81. The number of hydrogen-bond acceptors (Lipinski definition) is 1. The van der Waals surface area contributed by atoms with Crippen molar-refractivity contribution >= 4 is 10.8 Å². The van der Waals surface area contributed by atoms with Gasteiger partial charge in [-0.15, -0.1) is 6.58 Å². The van der Waals surface area contributed by atoms with E-state index in [1.807, 2.05) is 37.3 Å². The third-order valence-electron chi connectivity index (χ3n) is 2.90. The third kappa shape index (κ3) is 2.22. The summed E-state index contributed by atoms with van der Waals surface area (Å²) in [6.45, 7) is 6.72. The number of likely N-dealkylation sites (N-methyl/N-ethyl adjacent to an activating group) is 1. The van der Waals surface area contributed by atoms with Gasteiger partial charge in [0.2, 0.25) is 0 Å². The first-order valence-electron chi connectivity index (χ1n) is 5.81. The van der Waals surface area contributed by atoms with Crippen molar-refractivity contribution in [2.45, 2.75) is 13.0 Å². The summed E-state index contributed by atoms with van der Waals surface area (Å²) in [5, 5.41) is 4.92. The van der Waals surface area contributed by atoms with E-state index in [1.54, 1.807) is 6.07 Å². The van der Waals surface area contributed by atoms with Gasteiger partial charge < -0.3 is 5.32 Å². The number of halogens is 1. The molecule has 0 saturated heterocycles. The summed E-state index contributed by atoms with van der Waals surface area (Å²) in [5.74, 6) is -0.177. The lowest BCUT2D eigenvalue weighted by atomic mass is 9.98. The van der Waals surface area contributed by atoms with Crippen molar-refractivity contribution < 1.29 is 4.39 Å². The van der Waals surface area contributed by atoms with Gasteiger partial charge in [-0.05, 0) is 23.6 Å². The van der Waals surface area contributed by atoms with E-state index in [9.17, 15) is 4.39 Å². The van der Waals surface area contributed by atoms with Crippen molar-refractivity contribution in [3.63, 3.8) is 0 Å². The van der Waals surface area contributed by atoms with Crippen molar-refractivity contribution in [2.75, 3.05) is 6.54 Å². The monoisotopic (exact) mass is 229 g/mol. The molecule has 0 aliphatic heterocycles. The van der Waals surface area contributed by atoms with Gasteiger partial charge in [0.1, 0.15) is 5.82 Å². The van der Waals surface area contributed by atoms with Gasteiger partial charge in [-0.2, -0.15) is 0 Å². The zero-order chi connectivity index (χ0) is 12.3. The molecule has 1 N–H and O–H groups in total. The van der Waals surface area contributed by atoms with E-state index in [0.29, 0.717) is 5.39 Å². The van der Waals surface area contributed by atoms with E-state index in [1.165, 1.54) is 6.07 Å². The molecule has 0 fully saturated rings. The van der Waals surface area contributed by atoms with Crippen LogP contribution in [-0.4, -0.2) is 6.54 Å². The van der Waals surface area contributed by atoms with Gasteiger partial charge in [0.15, 0.2) is 0 Å². The maximum Gasteiger partial charge on any atom is 0.131 e. The Morgan fingerprint density at radius 2 is 1.94 bits per heavy atom. The fraction of sp³-hybridized carbons (Fsp3) is 0.200. The molecule has 0 heterocycles. The van der Waals surface area contributed by atoms with E-state index >= 15 is 0 Å². The Morgan fingerprint density at radius 3 is 2.59 bits per heavy atom. The SMILES string of the molecule is C=CC(NCC)c1ccc(F)c2ccccc12. The summed E-state index contributed by atoms with van der Waals surface area (Å²) >= 11 is 0. The molecule has 0 saturated carbocycles. The van der Waals surface area contributed by atoms with Crippen LogP contribution in [0.1, 0.15) is 18.5 Å². The Hall–Kier alpha value is -1.67. The van der Waals surface area contributed by atoms with Crippen LogP contribution in [0.2, 0.25) is 0 Å². The van der Waals surface area contributed by atoms with Crippen LogP contribution < -0.4 is 5.32 Å². The number of fused-ring (bicyclic) bond motifs is 1. The molecule has 1 unspecified atom stereocenters. The lowest BCUT2D eigenvalue weighted by Crippen LogP contribution is -2.19. The molecule has 88 valence electrons. The van der Waals surface area contributed by atoms with E-state index in [4.69, 9.17) is 0 Å². The maximum absolute atomic E-state index is 13.7. The second kappa shape index (κ2) is 5.11. The largest absolute Gasteiger partial charge is 0.307 e. The molecule has 17 heavy (non-hydrogen) atoms. The van der Waals surface area contributed by atoms with Crippen LogP contribution in [0, 0.1) is 5.82 Å². The maximum atomic E-state index is 13.7. The highest BCUT2D eigenvalue weighted by Gasteiger charge is 2.11. The number of nitrogens with one attached hydrogen (secondary N) is 1. The van der Waals surface area contributed by atoms with E-state index in [-0.39, 0.29) is 11.9 Å². The number of rotatable bonds is 4. The molecule has 0 bridgehead atoms. The predicted molar refractivity (Wildman–Crippen MR) is 70.5 cm³/mol. The number of benzene rings is 2. The van der Waals surface area contributed by atoms with Gasteiger partial charge in [-0.1, -0.05) is 43.3 Å². The minimum atomic E-state index is -0.177. The zero-order valence-corrected chi connectivity index (χ0v) is 9.91. The average molecular weight is 229 g/mol. The molecule has 0 aromatic heterocycles. The Morgan fingerprint density at radius 1 is 1.24 bits per heavy atom. The molecule has 2 heteroatoms. The molecule has 1 nitrogen and oxygen atoms in total. The van der Waals surface area contributed by atoms with Gasteiger partial charge >= 0.3 is 0 Å². The summed E-state index contributed by atoms with van der Waals surface area (Å²) < 4.78 is 13.7. The smallest absolute Gasteiger partial charge is 0.131 e. The van der Waals surface area contributed by atoms with Gasteiger partial charge in [0.05, 0.1) is 6.04 Å². The molecule has 2 aromatic carbocycles. The minimum absolute atomic E-state index is 0.0606. The molecular weight excluding hydrogens is 213 g/mol. The van der Waals surface area contributed by atoms with E-state index in [2.05, 4.69) is 11.9 Å². The molecule has 0 radical (unpaired) electrons. The van der Waals surface area contributed by atoms with Crippen molar-refractivity contribution in [3.05, 3.63) is 60.4 Å². The molecule has 0 aliphatic rings. The molecule has 2 aromatic rings. The molecular formula is C15H16FN. The molecule has 0 amide bonds. The quantitative estimate of drug-likeness (QED) is 0.786. The minimum Gasteiger partial charge on any atom is -0.307 e. The van der Waals surface area contributed by atoms with Crippen molar-refractivity contribution in [3.8, 4) is 0 Å². The Labute approximate surface area is 101 Å². The fourth-order valence-electron chi connectivity index (χ4n) is 2.10. The summed E-state index contributed by atoms with van der Waals surface area (Å²) in [6, 6.07) is 10.9. The van der Waals surface area contributed by atoms with Crippen LogP contribution in [0.15, 0.2) is 49.1 Å². The van der Waals surface area contributed by atoms with Crippen LogP contribution in [0.5, 0.6) is 0 Å². The van der Waals surface area contributed by atoms with Crippen molar-refractivity contribution in [2.24, 2.45) is 0 Å². The molecule has 2 rings (SSSR count). The first kappa shape index (κ1) is 11.8. The van der Waals surface area contributed by atoms with Crippen LogP contribution in [0.3, 0.4) is 0 Å². The summed E-state index contributed by atoms with van der Waals surface area (Å²) in [5.41, 5.74) is 1.07. The summed E-state index contributed by atoms with van der Waals surface area (Å²) in [7, 11) is 0. The standard InChI is InChI=1S/C15H16FN/c1-3-15(17-4-2)13-9-10-14(16)12-8-6-5-7-11(12)13/h3,5-10,15,17H,1,4H2,2H3. The molecule has 0 aliphatic carbocycles. The second-order valence-corrected chi connectivity index (χ2v) is 3.95. The summed E-state index contributed by atoms with van der Waals surface area (Å²) in [6.07, 6.45) is 1.85. The second-order valence-electron chi connectivity index (χ2n) is 3.95. The predicted octanol–water partition coefficient (Wildman–Crippen LogP) is 3.82.